The van der Waals surface area contributed by atoms with Gasteiger partial charge in [-0.2, -0.15) is 0 Å². The number of aromatic nitrogens is 1. The number of nitrogens with zero attached hydrogens (tertiary/aromatic N) is 1. The van der Waals surface area contributed by atoms with Crippen LogP contribution in [0.4, 0.5) is 11.5 Å². The molecule has 3 rings (SSSR count). The summed E-state index contributed by atoms with van der Waals surface area (Å²) >= 11 is 0. The molecule has 0 aliphatic carbocycles. The third-order valence-corrected chi connectivity index (χ3v) is 5.33. The highest BCUT2D eigenvalue weighted by molar-refractivity contribution is 7.92. The number of carbonyl (C=O) groups is 1. The third kappa shape index (κ3) is 6.95. The summed E-state index contributed by atoms with van der Waals surface area (Å²) in [4.78, 5) is 16.8. The van der Waals surface area contributed by atoms with Gasteiger partial charge in [0.1, 0.15) is 6.61 Å². The van der Waals surface area contributed by atoms with Crippen LogP contribution in [0.5, 0.6) is 5.75 Å². The molecule has 1 heterocycles. The van der Waals surface area contributed by atoms with Gasteiger partial charge in [0.25, 0.3) is 5.91 Å². The van der Waals surface area contributed by atoms with Crippen molar-refractivity contribution in [3.8, 4) is 16.9 Å². The van der Waals surface area contributed by atoms with Crippen LogP contribution in [-0.2, 0) is 16.6 Å². The highest BCUT2D eigenvalue weighted by atomic mass is 32.2. The van der Waals surface area contributed by atoms with E-state index in [-0.39, 0.29) is 18.3 Å². The summed E-state index contributed by atoms with van der Waals surface area (Å²) in [6.07, 6.45) is 2.72. The minimum atomic E-state index is -3.35. The van der Waals surface area contributed by atoms with Gasteiger partial charge in [0, 0.05) is 35.1 Å². The maximum atomic E-state index is 12.6. The minimum absolute atomic E-state index is 0.148. The number of pyridine rings is 1. The van der Waals surface area contributed by atoms with Crippen molar-refractivity contribution in [2.24, 2.45) is 5.92 Å². The molecule has 0 radical (unpaired) electrons. The Morgan fingerprint density at radius 1 is 1.09 bits per heavy atom. The van der Waals surface area contributed by atoms with Crippen LogP contribution < -0.4 is 20.5 Å². The van der Waals surface area contributed by atoms with E-state index in [0.717, 1.165) is 22.9 Å². The Kier molecular flexibility index (Phi) is 7.55. The van der Waals surface area contributed by atoms with Crippen molar-refractivity contribution in [3.63, 3.8) is 0 Å². The van der Waals surface area contributed by atoms with E-state index >= 15 is 0 Å². The molecule has 0 saturated carbocycles. The Morgan fingerprint density at radius 2 is 1.79 bits per heavy atom. The van der Waals surface area contributed by atoms with Gasteiger partial charge in [0.05, 0.1) is 6.26 Å². The average molecular weight is 469 g/mol. The van der Waals surface area contributed by atoms with Crippen molar-refractivity contribution in [1.82, 2.24) is 10.3 Å². The molecule has 0 atom stereocenters. The Bertz CT molecular complexity index is 1230. The van der Waals surface area contributed by atoms with E-state index in [1.807, 2.05) is 32.0 Å². The monoisotopic (exact) mass is 468 g/mol. The van der Waals surface area contributed by atoms with Crippen LogP contribution in [0.3, 0.4) is 0 Å². The predicted octanol–water partition coefficient (Wildman–Crippen LogP) is 3.67. The molecule has 174 valence electrons. The van der Waals surface area contributed by atoms with Gasteiger partial charge in [0.2, 0.25) is 10.0 Å². The number of sulfonamides is 1. The molecule has 3 aromatic rings. The zero-order chi connectivity index (χ0) is 24.0. The van der Waals surface area contributed by atoms with E-state index in [1.54, 1.807) is 42.6 Å². The largest absolute Gasteiger partial charge is 0.485 e. The number of nitrogen functional groups attached to an aromatic ring is 1. The van der Waals surface area contributed by atoms with Crippen LogP contribution in [0.15, 0.2) is 60.8 Å². The molecule has 0 saturated heterocycles. The fourth-order valence-electron chi connectivity index (χ4n) is 3.09. The second-order valence-corrected chi connectivity index (χ2v) is 9.86. The van der Waals surface area contributed by atoms with Crippen molar-refractivity contribution in [1.29, 1.82) is 0 Å². The predicted molar refractivity (Wildman–Crippen MR) is 130 cm³/mol. The summed E-state index contributed by atoms with van der Waals surface area (Å²) in [5.74, 6) is 0.826. The van der Waals surface area contributed by atoms with Crippen LogP contribution in [-0.4, -0.2) is 32.1 Å². The Morgan fingerprint density at radius 3 is 2.45 bits per heavy atom. The number of hydrogen-bond donors (Lipinski definition) is 3. The topological polar surface area (TPSA) is 123 Å². The maximum Gasteiger partial charge on any atom is 0.251 e. The van der Waals surface area contributed by atoms with E-state index in [1.165, 1.54) is 0 Å². The van der Waals surface area contributed by atoms with E-state index < -0.39 is 10.0 Å². The van der Waals surface area contributed by atoms with Gasteiger partial charge in [-0.15, -0.1) is 0 Å². The maximum absolute atomic E-state index is 12.6. The summed E-state index contributed by atoms with van der Waals surface area (Å²) in [6, 6.07) is 15.9. The fourth-order valence-corrected chi connectivity index (χ4v) is 3.65. The molecule has 33 heavy (non-hydrogen) atoms. The molecular weight excluding hydrogens is 440 g/mol. The van der Waals surface area contributed by atoms with Crippen LogP contribution in [0.1, 0.15) is 29.8 Å². The second-order valence-electron chi connectivity index (χ2n) is 8.11. The van der Waals surface area contributed by atoms with Gasteiger partial charge in [-0.3, -0.25) is 9.52 Å². The second kappa shape index (κ2) is 10.4. The molecule has 9 heteroatoms. The van der Waals surface area contributed by atoms with E-state index in [0.29, 0.717) is 29.5 Å². The van der Waals surface area contributed by atoms with Crippen molar-refractivity contribution < 1.29 is 17.9 Å². The molecule has 0 aliphatic heterocycles. The molecule has 0 bridgehead atoms. The van der Waals surface area contributed by atoms with Gasteiger partial charge in [-0.25, -0.2) is 13.4 Å². The number of carbonyl (C=O) groups excluding carboxylic acids is 1. The van der Waals surface area contributed by atoms with Crippen LogP contribution in [0, 0.1) is 5.92 Å². The van der Waals surface area contributed by atoms with E-state index in [4.69, 9.17) is 10.5 Å². The van der Waals surface area contributed by atoms with Crippen LogP contribution in [0.2, 0.25) is 0 Å². The molecule has 0 unspecified atom stereocenters. The van der Waals surface area contributed by atoms with Crippen molar-refractivity contribution in [3.05, 3.63) is 71.9 Å². The lowest BCUT2D eigenvalue weighted by atomic mass is 10.1. The fraction of sp³-hybridized carbons (Fsp3) is 0.250. The van der Waals surface area contributed by atoms with Gasteiger partial charge < -0.3 is 15.8 Å². The van der Waals surface area contributed by atoms with Crippen molar-refractivity contribution >= 4 is 27.4 Å². The lowest BCUT2D eigenvalue weighted by Gasteiger charge is -2.14. The molecule has 1 aromatic heterocycles. The highest BCUT2D eigenvalue weighted by Crippen LogP contribution is 2.29. The summed E-state index contributed by atoms with van der Waals surface area (Å²) in [5, 5.41) is 2.92. The molecule has 4 N–H and O–H groups in total. The molecule has 1 amide bonds. The SMILES string of the molecule is CC(C)CNC(=O)c1ccccc1COc1cc(-c2ccc(NS(C)(=O)=O)cc2)cnc1N. The quantitative estimate of drug-likeness (QED) is 0.440. The van der Waals surface area contributed by atoms with Crippen molar-refractivity contribution in [2.45, 2.75) is 20.5 Å². The van der Waals surface area contributed by atoms with Gasteiger partial charge >= 0.3 is 0 Å². The van der Waals surface area contributed by atoms with Gasteiger partial charge in [-0.1, -0.05) is 44.2 Å². The lowest BCUT2D eigenvalue weighted by molar-refractivity contribution is 0.0946. The van der Waals surface area contributed by atoms with Crippen LogP contribution >= 0.6 is 0 Å². The molecule has 8 nitrogen and oxygen atoms in total. The third-order valence-electron chi connectivity index (χ3n) is 4.72. The van der Waals surface area contributed by atoms with E-state index in [9.17, 15) is 13.2 Å². The molecular formula is C24H28N4O4S. The number of nitrogens with two attached hydrogens (primary N) is 1. The Labute approximate surface area is 194 Å². The standard InChI is InChI=1S/C24H28N4O4S/c1-16(2)13-27-24(29)21-7-5-4-6-18(21)15-32-22-12-19(14-26-23(22)25)17-8-10-20(11-9-17)28-33(3,30)31/h4-12,14,16,28H,13,15H2,1-3H3,(H2,25,26)(H,27,29). The van der Waals surface area contributed by atoms with Gasteiger partial charge in [0.15, 0.2) is 11.6 Å². The van der Waals surface area contributed by atoms with Crippen molar-refractivity contribution in [2.75, 3.05) is 23.3 Å². The lowest BCUT2D eigenvalue weighted by Crippen LogP contribution is -2.28. The Balaban J connectivity index is 1.76. The summed E-state index contributed by atoms with van der Waals surface area (Å²) in [6.45, 7) is 4.81. The van der Waals surface area contributed by atoms with Gasteiger partial charge in [-0.05, 0) is 35.7 Å². The normalized spacial score (nSPS) is 11.3. The molecule has 2 aromatic carbocycles. The number of anilines is 2. The number of nitrogens with one attached hydrogen (secondary N) is 2. The Hall–Kier alpha value is -3.59. The number of rotatable bonds is 9. The molecule has 0 aliphatic rings. The first-order valence-corrected chi connectivity index (χ1v) is 12.3. The summed E-state index contributed by atoms with van der Waals surface area (Å²) in [7, 11) is -3.35. The summed E-state index contributed by atoms with van der Waals surface area (Å²) in [5.41, 5.74) is 9.34. The number of benzene rings is 2. The first kappa shape index (κ1) is 24.1. The van der Waals surface area contributed by atoms with Crippen LogP contribution in [0.25, 0.3) is 11.1 Å². The number of ether oxygens (including phenoxy) is 1. The first-order valence-electron chi connectivity index (χ1n) is 10.4. The summed E-state index contributed by atoms with van der Waals surface area (Å²) < 4.78 is 31.1. The molecule has 0 spiro atoms. The first-order chi connectivity index (χ1) is 15.6. The smallest absolute Gasteiger partial charge is 0.251 e. The highest BCUT2D eigenvalue weighted by Gasteiger charge is 2.13. The van der Waals surface area contributed by atoms with E-state index in [2.05, 4.69) is 15.0 Å². The zero-order valence-corrected chi connectivity index (χ0v) is 19.6. The number of hydrogen-bond acceptors (Lipinski definition) is 6. The molecule has 0 fully saturated rings. The zero-order valence-electron chi connectivity index (χ0n) is 18.8. The minimum Gasteiger partial charge on any atom is -0.485 e. The average Bonchev–Trinajstić information content (AvgIpc) is 2.76. The number of amides is 1.